The van der Waals surface area contributed by atoms with Crippen LogP contribution in [0.25, 0.3) is 11.1 Å². The van der Waals surface area contributed by atoms with Gasteiger partial charge in [0.2, 0.25) is 5.82 Å². The summed E-state index contributed by atoms with van der Waals surface area (Å²) in [6.45, 7) is 2.51. The fourth-order valence-electron chi connectivity index (χ4n) is 3.43. The number of nitrogens with zero attached hydrogens (tertiary/aromatic N) is 3. The van der Waals surface area contributed by atoms with Crippen molar-refractivity contribution < 1.29 is 14.6 Å². The number of carbonyl (C=O) groups excluding carboxylic acids is 1. The van der Waals surface area contributed by atoms with Crippen LogP contribution < -0.4 is 10.1 Å². The highest BCUT2D eigenvalue weighted by atomic mass is 16.5. The van der Waals surface area contributed by atoms with E-state index >= 15 is 0 Å². The van der Waals surface area contributed by atoms with E-state index in [1.54, 1.807) is 12.3 Å². The van der Waals surface area contributed by atoms with Gasteiger partial charge in [0.15, 0.2) is 0 Å². The van der Waals surface area contributed by atoms with Gasteiger partial charge in [0.1, 0.15) is 17.4 Å². The number of ether oxygens (including phenoxy) is 1. The van der Waals surface area contributed by atoms with Crippen molar-refractivity contribution in [1.82, 2.24) is 20.2 Å². The summed E-state index contributed by atoms with van der Waals surface area (Å²) < 4.78 is 5.77. The Morgan fingerprint density at radius 2 is 1.97 bits per heavy atom. The Kier molecular flexibility index (Phi) is 7.06. The summed E-state index contributed by atoms with van der Waals surface area (Å²) >= 11 is 0. The SMILES string of the molecule is Cc1c(OCCCO)cccc1-c1ccnc(NC(=O)c2n[nH]c(Cc3ccccc3)n2)c1. The third-order valence-electron chi connectivity index (χ3n) is 5.11. The van der Waals surface area contributed by atoms with Crippen molar-refractivity contribution in [2.24, 2.45) is 0 Å². The van der Waals surface area contributed by atoms with Gasteiger partial charge in [0.25, 0.3) is 5.91 Å². The van der Waals surface area contributed by atoms with E-state index in [-0.39, 0.29) is 12.4 Å². The number of H-pyrrole nitrogens is 1. The highest BCUT2D eigenvalue weighted by molar-refractivity contribution is 6.01. The standard InChI is InChI=1S/C25H25N5O3/c1-17-20(9-5-10-21(17)33-14-6-13-31)19-11-12-26-22(16-19)28-25(32)24-27-23(29-30-24)15-18-7-3-2-4-8-18/h2-5,7-12,16,31H,6,13-15H2,1H3,(H,26,28,32)(H,27,29,30). The van der Waals surface area contributed by atoms with Crippen molar-refractivity contribution in [3.8, 4) is 16.9 Å². The predicted octanol–water partition coefficient (Wildman–Crippen LogP) is 3.78. The maximum absolute atomic E-state index is 12.7. The molecule has 0 aliphatic rings. The summed E-state index contributed by atoms with van der Waals surface area (Å²) in [5.74, 6) is 1.39. The van der Waals surface area contributed by atoms with Crippen LogP contribution in [-0.2, 0) is 6.42 Å². The monoisotopic (exact) mass is 443 g/mol. The smallest absolute Gasteiger partial charge is 0.296 e. The summed E-state index contributed by atoms with van der Waals surface area (Å²) in [6, 6.07) is 19.3. The molecule has 0 saturated heterocycles. The summed E-state index contributed by atoms with van der Waals surface area (Å²) in [7, 11) is 0. The first-order valence-corrected chi connectivity index (χ1v) is 10.7. The van der Waals surface area contributed by atoms with Gasteiger partial charge in [-0.05, 0) is 47.4 Å². The van der Waals surface area contributed by atoms with Crippen LogP contribution in [0.2, 0.25) is 0 Å². The Bertz CT molecular complexity index is 1220. The quantitative estimate of drug-likeness (QED) is 0.339. The third-order valence-corrected chi connectivity index (χ3v) is 5.11. The second-order valence-corrected chi connectivity index (χ2v) is 7.51. The fourth-order valence-corrected chi connectivity index (χ4v) is 3.43. The molecule has 3 N–H and O–H groups in total. The van der Waals surface area contributed by atoms with Crippen LogP contribution >= 0.6 is 0 Å². The Hall–Kier alpha value is -4.04. The molecule has 2 heterocycles. The number of hydrogen-bond donors (Lipinski definition) is 3. The highest BCUT2D eigenvalue weighted by Crippen LogP contribution is 2.31. The predicted molar refractivity (Wildman–Crippen MR) is 125 cm³/mol. The molecule has 4 aromatic rings. The van der Waals surface area contributed by atoms with E-state index in [2.05, 4.69) is 25.5 Å². The molecule has 1 amide bonds. The van der Waals surface area contributed by atoms with Crippen molar-refractivity contribution in [3.63, 3.8) is 0 Å². The van der Waals surface area contributed by atoms with Crippen molar-refractivity contribution >= 4 is 11.7 Å². The molecule has 2 aromatic carbocycles. The van der Waals surface area contributed by atoms with Gasteiger partial charge < -0.3 is 15.2 Å². The first-order chi connectivity index (χ1) is 16.1. The maximum Gasteiger partial charge on any atom is 0.296 e. The van der Waals surface area contributed by atoms with E-state index in [4.69, 9.17) is 9.84 Å². The van der Waals surface area contributed by atoms with E-state index in [0.29, 0.717) is 31.1 Å². The van der Waals surface area contributed by atoms with Gasteiger partial charge in [-0.15, -0.1) is 5.10 Å². The number of amides is 1. The molecule has 2 aromatic heterocycles. The number of anilines is 1. The van der Waals surface area contributed by atoms with E-state index in [1.807, 2.05) is 61.5 Å². The maximum atomic E-state index is 12.7. The van der Waals surface area contributed by atoms with Gasteiger partial charge in [-0.1, -0.05) is 42.5 Å². The molecule has 0 radical (unpaired) electrons. The van der Waals surface area contributed by atoms with Gasteiger partial charge in [-0.3, -0.25) is 9.89 Å². The average Bonchev–Trinajstić information content (AvgIpc) is 3.30. The fraction of sp³-hybridized carbons (Fsp3) is 0.200. The zero-order valence-corrected chi connectivity index (χ0v) is 18.3. The lowest BCUT2D eigenvalue weighted by molar-refractivity contribution is 0.101. The minimum atomic E-state index is -0.437. The molecule has 8 nitrogen and oxygen atoms in total. The Morgan fingerprint density at radius 3 is 2.79 bits per heavy atom. The molecule has 0 unspecified atom stereocenters. The van der Waals surface area contributed by atoms with Crippen molar-refractivity contribution in [2.75, 3.05) is 18.5 Å². The molecular formula is C25H25N5O3. The second kappa shape index (κ2) is 10.5. The molecule has 33 heavy (non-hydrogen) atoms. The normalized spacial score (nSPS) is 10.7. The highest BCUT2D eigenvalue weighted by Gasteiger charge is 2.15. The molecule has 0 bridgehead atoms. The molecule has 0 fully saturated rings. The Labute approximate surface area is 191 Å². The van der Waals surface area contributed by atoms with E-state index < -0.39 is 5.91 Å². The number of aliphatic hydroxyl groups is 1. The number of aliphatic hydroxyl groups excluding tert-OH is 1. The summed E-state index contributed by atoms with van der Waals surface area (Å²) in [5.41, 5.74) is 3.91. The number of benzene rings is 2. The van der Waals surface area contributed by atoms with Crippen molar-refractivity contribution in [2.45, 2.75) is 19.8 Å². The van der Waals surface area contributed by atoms with Crippen molar-refractivity contribution in [1.29, 1.82) is 0 Å². The van der Waals surface area contributed by atoms with E-state index in [1.165, 1.54) is 0 Å². The third kappa shape index (κ3) is 5.61. The summed E-state index contributed by atoms with van der Waals surface area (Å²) in [4.78, 5) is 21.2. The second-order valence-electron chi connectivity index (χ2n) is 7.51. The molecular weight excluding hydrogens is 418 g/mol. The topological polar surface area (TPSA) is 113 Å². The summed E-state index contributed by atoms with van der Waals surface area (Å²) in [6.07, 6.45) is 2.77. The molecule has 4 rings (SSSR count). The Balaban J connectivity index is 1.47. The van der Waals surface area contributed by atoms with Gasteiger partial charge in [0, 0.05) is 25.6 Å². The molecule has 8 heteroatoms. The van der Waals surface area contributed by atoms with Crippen LogP contribution in [0.4, 0.5) is 5.82 Å². The van der Waals surface area contributed by atoms with E-state index in [9.17, 15) is 4.79 Å². The number of hydrogen-bond acceptors (Lipinski definition) is 6. The first kappa shape index (κ1) is 22.2. The van der Waals surface area contributed by atoms with Crippen LogP contribution in [0.3, 0.4) is 0 Å². The first-order valence-electron chi connectivity index (χ1n) is 10.7. The largest absolute Gasteiger partial charge is 0.493 e. The minimum Gasteiger partial charge on any atom is -0.493 e. The molecule has 0 saturated carbocycles. The van der Waals surface area contributed by atoms with Crippen LogP contribution in [0.15, 0.2) is 66.9 Å². The van der Waals surface area contributed by atoms with Gasteiger partial charge in [-0.2, -0.15) is 0 Å². The lowest BCUT2D eigenvalue weighted by Crippen LogP contribution is -2.14. The number of nitrogens with one attached hydrogen (secondary N) is 2. The molecule has 168 valence electrons. The number of aromatic nitrogens is 4. The molecule has 0 atom stereocenters. The number of carbonyl (C=O) groups is 1. The van der Waals surface area contributed by atoms with Gasteiger partial charge in [-0.25, -0.2) is 9.97 Å². The van der Waals surface area contributed by atoms with Gasteiger partial charge >= 0.3 is 0 Å². The van der Waals surface area contributed by atoms with Crippen LogP contribution in [0.5, 0.6) is 5.75 Å². The van der Waals surface area contributed by atoms with Crippen molar-refractivity contribution in [3.05, 3.63) is 89.6 Å². The minimum absolute atomic E-state index is 0.0589. The van der Waals surface area contributed by atoms with Gasteiger partial charge in [0.05, 0.1) is 6.61 Å². The Morgan fingerprint density at radius 1 is 1.12 bits per heavy atom. The number of pyridine rings is 1. The molecule has 0 aliphatic carbocycles. The zero-order valence-electron chi connectivity index (χ0n) is 18.3. The average molecular weight is 444 g/mol. The number of rotatable bonds is 9. The molecule has 0 spiro atoms. The lowest BCUT2D eigenvalue weighted by Gasteiger charge is -2.13. The van der Waals surface area contributed by atoms with Crippen LogP contribution in [0, 0.1) is 6.92 Å². The number of aromatic amines is 1. The summed E-state index contributed by atoms with van der Waals surface area (Å²) in [5, 5.41) is 18.6. The molecule has 0 aliphatic heterocycles. The zero-order chi connectivity index (χ0) is 23.0. The van der Waals surface area contributed by atoms with E-state index in [0.717, 1.165) is 28.0 Å². The lowest BCUT2D eigenvalue weighted by atomic mass is 10.0. The van der Waals surface area contributed by atoms with Crippen LogP contribution in [0.1, 0.15) is 34.0 Å². The van der Waals surface area contributed by atoms with Crippen LogP contribution in [-0.4, -0.2) is 44.4 Å².